The number of anilines is 2. The minimum atomic E-state index is -4.08. The van der Waals surface area contributed by atoms with E-state index in [2.05, 4.69) is 39.3 Å². The van der Waals surface area contributed by atoms with Crippen molar-refractivity contribution in [2.75, 3.05) is 9.44 Å². The number of hydrogen-bond acceptors (Lipinski definition) is 8. The second-order valence-corrected chi connectivity index (χ2v) is 15.5. The normalized spacial score (nSPS) is 12.1. The van der Waals surface area contributed by atoms with E-state index in [1.165, 1.54) is 35.1 Å². The molecule has 8 rings (SSSR count). The van der Waals surface area contributed by atoms with Gasteiger partial charge in [0, 0.05) is 16.5 Å². The second kappa shape index (κ2) is 12.3. The first kappa shape index (κ1) is 32.5. The number of nitrogens with one attached hydrogen (secondary N) is 5. The molecule has 0 saturated carbocycles. The molecular weight excluding hydrogens is 737 g/mol. The molecule has 0 radical (unpaired) electrons. The van der Waals surface area contributed by atoms with Crippen LogP contribution >= 0.6 is 23.2 Å². The lowest BCUT2D eigenvalue weighted by Gasteiger charge is -2.09. The lowest BCUT2D eigenvalue weighted by molar-refractivity contribution is -0.782. The number of hydrogen-bond donors (Lipinski definition) is 5. The van der Waals surface area contributed by atoms with Crippen LogP contribution in [0, 0.1) is 6.92 Å². The predicted molar refractivity (Wildman–Crippen MR) is 192 cm³/mol. The van der Waals surface area contributed by atoms with Crippen molar-refractivity contribution in [2.45, 2.75) is 16.7 Å². The summed E-state index contributed by atoms with van der Waals surface area (Å²) >= 11 is 12.9. The molecule has 4 aromatic carbocycles. The summed E-state index contributed by atoms with van der Waals surface area (Å²) in [6.45, 7) is 1.86. The fourth-order valence-electron chi connectivity index (χ4n) is 5.41. The number of H-pyrrole nitrogens is 3. The SMILES string of the molecule is Cc1[nH]cnc1-c1nc2ccc(S(=O)(=O)Nc3cccc(-[n+]4ccc(-c5nc6ccc(S(=O)(=O)Nc7ccccc7Cl)cc6[nH]5)o4)c3Cl)cc2[nH]1. The largest absolute Gasteiger partial charge is 0.348 e. The summed E-state index contributed by atoms with van der Waals surface area (Å²) in [4.78, 5) is 22.6. The van der Waals surface area contributed by atoms with Crippen LogP contribution in [-0.2, 0) is 20.0 Å². The van der Waals surface area contributed by atoms with Gasteiger partial charge in [-0.25, -0.2) is 36.3 Å². The van der Waals surface area contributed by atoms with Crippen LogP contribution in [0.1, 0.15) is 5.69 Å². The number of aromatic nitrogens is 7. The number of aryl methyl sites for hydroxylation is 1. The molecule has 0 unspecified atom stereocenters. The Balaban J connectivity index is 1.04. The number of nitrogens with zero attached hydrogens (tertiary/aromatic N) is 4. The standard InChI is InChI=1S/C33H23Cl2N9O5S2/c1-18-31(37-17-36-18)33-39-24-12-10-20(16-27(24)41-33)51(47,48)43-25-7-4-8-28(30(25)35)44-14-13-29(49-44)32-38-23-11-9-19(15-26(23)40-32)50(45,46)42-22-6-3-2-5-21(22)34/h2-17,42-43H,1H3,(H2,36,37,38,39,40,41)/p+1. The fraction of sp³-hybridized carbons (Fsp3) is 0.0303. The van der Waals surface area contributed by atoms with Gasteiger partial charge >= 0.3 is 0 Å². The third kappa shape index (κ3) is 6.07. The van der Waals surface area contributed by atoms with Crippen molar-refractivity contribution in [3.63, 3.8) is 0 Å². The Labute approximate surface area is 299 Å². The molecule has 0 fully saturated rings. The fourth-order valence-corrected chi connectivity index (χ4v) is 8.17. The number of para-hydroxylation sites is 1. The van der Waals surface area contributed by atoms with Gasteiger partial charge in [0.1, 0.15) is 10.7 Å². The Bertz CT molecular complexity index is 2860. The molecule has 0 atom stereocenters. The molecule has 4 heterocycles. The summed E-state index contributed by atoms with van der Waals surface area (Å²) < 4.78 is 65.6. The maximum absolute atomic E-state index is 13.5. The van der Waals surface area contributed by atoms with Crippen molar-refractivity contribution < 1.29 is 26.1 Å². The van der Waals surface area contributed by atoms with E-state index in [4.69, 9.17) is 27.7 Å². The van der Waals surface area contributed by atoms with Gasteiger partial charge in [-0.05, 0) is 61.5 Å². The van der Waals surface area contributed by atoms with Gasteiger partial charge in [-0.2, -0.15) is 0 Å². The first-order valence-electron chi connectivity index (χ1n) is 15.1. The molecule has 256 valence electrons. The van der Waals surface area contributed by atoms with E-state index in [0.717, 1.165) is 5.69 Å². The number of imidazole rings is 3. The molecule has 4 aromatic heterocycles. The van der Waals surface area contributed by atoms with Crippen molar-refractivity contribution in [1.82, 2.24) is 29.9 Å². The van der Waals surface area contributed by atoms with Gasteiger partial charge in [0.15, 0.2) is 11.6 Å². The van der Waals surface area contributed by atoms with Crippen LogP contribution < -0.4 is 14.2 Å². The van der Waals surface area contributed by atoms with Crippen molar-refractivity contribution in [3.8, 4) is 28.8 Å². The Hall–Kier alpha value is -5.68. The smallest absolute Gasteiger partial charge is 0.278 e. The number of benzene rings is 4. The highest BCUT2D eigenvalue weighted by molar-refractivity contribution is 7.93. The van der Waals surface area contributed by atoms with Gasteiger partial charge in [-0.15, -0.1) is 0 Å². The highest BCUT2D eigenvalue weighted by Gasteiger charge is 2.25. The van der Waals surface area contributed by atoms with Gasteiger partial charge < -0.3 is 15.0 Å². The van der Waals surface area contributed by atoms with Crippen LogP contribution in [0.15, 0.2) is 112 Å². The van der Waals surface area contributed by atoms with E-state index in [0.29, 0.717) is 50.9 Å². The van der Waals surface area contributed by atoms with Gasteiger partial charge in [-0.1, -0.05) is 41.4 Å². The molecular formula is C33H24Cl2N9O5S2+. The predicted octanol–water partition coefficient (Wildman–Crippen LogP) is 6.58. The number of sulfonamides is 2. The third-order valence-electron chi connectivity index (χ3n) is 7.95. The summed E-state index contributed by atoms with van der Waals surface area (Å²) in [5.74, 6) is 1.15. The minimum Gasteiger partial charge on any atom is -0.348 e. The molecule has 0 aliphatic rings. The molecule has 0 saturated heterocycles. The average Bonchev–Trinajstić information content (AvgIpc) is 3.91. The molecule has 0 aliphatic heterocycles. The van der Waals surface area contributed by atoms with Crippen LogP contribution in [0.3, 0.4) is 0 Å². The quantitative estimate of drug-likeness (QED) is 0.102. The Morgan fingerprint density at radius 1 is 0.745 bits per heavy atom. The Morgan fingerprint density at radius 2 is 1.37 bits per heavy atom. The van der Waals surface area contributed by atoms with E-state index in [1.54, 1.807) is 67.1 Å². The molecule has 0 aliphatic carbocycles. The first-order valence-corrected chi connectivity index (χ1v) is 18.8. The highest BCUT2D eigenvalue weighted by Crippen LogP contribution is 2.31. The van der Waals surface area contributed by atoms with E-state index >= 15 is 0 Å². The summed E-state index contributed by atoms with van der Waals surface area (Å²) in [6.07, 6.45) is 3.15. The lowest BCUT2D eigenvalue weighted by atomic mass is 10.3. The van der Waals surface area contributed by atoms with Crippen molar-refractivity contribution in [1.29, 1.82) is 0 Å². The molecule has 18 heteroatoms. The third-order valence-corrected chi connectivity index (χ3v) is 11.4. The van der Waals surface area contributed by atoms with Crippen LogP contribution in [0.2, 0.25) is 10.0 Å². The molecule has 8 aromatic rings. The van der Waals surface area contributed by atoms with E-state index in [9.17, 15) is 16.8 Å². The van der Waals surface area contributed by atoms with Crippen LogP contribution in [0.4, 0.5) is 11.4 Å². The number of rotatable bonds is 9. The van der Waals surface area contributed by atoms with Gasteiger partial charge in [0.05, 0.1) is 60.6 Å². The number of halogens is 2. The Morgan fingerprint density at radius 3 is 2.04 bits per heavy atom. The molecule has 5 N–H and O–H groups in total. The molecule has 51 heavy (non-hydrogen) atoms. The van der Waals surface area contributed by atoms with Gasteiger partial charge in [-0.3, -0.25) is 9.44 Å². The van der Waals surface area contributed by atoms with Crippen LogP contribution in [0.5, 0.6) is 0 Å². The minimum absolute atomic E-state index is 0.00107. The topological polar surface area (TPSA) is 195 Å². The maximum Gasteiger partial charge on any atom is 0.278 e. The molecule has 0 bridgehead atoms. The van der Waals surface area contributed by atoms with Crippen molar-refractivity contribution >= 4 is 76.7 Å². The van der Waals surface area contributed by atoms with Crippen LogP contribution in [0.25, 0.3) is 50.9 Å². The molecule has 14 nitrogen and oxygen atoms in total. The van der Waals surface area contributed by atoms with Crippen molar-refractivity contribution in [3.05, 3.63) is 113 Å². The van der Waals surface area contributed by atoms with Gasteiger partial charge in [0.2, 0.25) is 6.20 Å². The van der Waals surface area contributed by atoms with E-state index in [1.807, 2.05) is 6.92 Å². The number of aromatic amines is 3. The highest BCUT2D eigenvalue weighted by atomic mass is 35.5. The Kier molecular flexibility index (Phi) is 7.83. The van der Waals surface area contributed by atoms with Crippen LogP contribution in [-0.4, -0.2) is 46.7 Å². The second-order valence-electron chi connectivity index (χ2n) is 11.3. The zero-order valence-corrected chi connectivity index (χ0v) is 29.3. The molecule has 0 spiro atoms. The monoisotopic (exact) mass is 760 g/mol. The summed E-state index contributed by atoms with van der Waals surface area (Å²) in [7, 11) is -8.03. The molecule has 0 amide bonds. The van der Waals surface area contributed by atoms with Crippen molar-refractivity contribution in [2.24, 2.45) is 0 Å². The number of fused-ring (bicyclic) bond motifs is 2. The zero-order valence-electron chi connectivity index (χ0n) is 26.1. The summed E-state index contributed by atoms with van der Waals surface area (Å²) in [5, 5.41) is 0.347. The lowest BCUT2D eigenvalue weighted by Crippen LogP contribution is -2.27. The first-order chi connectivity index (χ1) is 24.4. The van der Waals surface area contributed by atoms with E-state index < -0.39 is 20.0 Å². The zero-order chi connectivity index (χ0) is 35.5. The maximum atomic E-state index is 13.5. The average molecular weight is 762 g/mol. The summed E-state index contributed by atoms with van der Waals surface area (Å²) in [6, 6.07) is 22.0. The van der Waals surface area contributed by atoms with Gasteiger partial charge in [0.25, 0.3) is 31.5 Å². The summed E-state index contributed by atoms with van der Waals surface area (Å²) in [5.41, 5.74) is 4.24. The van der Waals surface area contributed by atoms with E-state index in [-0.39, 0.29) is 31.2 Å².